The van der Waals surface area contributed by atoms with E-state index in [1.165, 1.54) is 0 Å². The second-order valence-electron chi connectivity index (χ2n) is 5.65. The van der Waals surface area contributed by atoms with E-state index in [1.54, 1.807) is 18.3 Å². The molecule has 0 aliphatic carbocycles. The smallest absolute Gasteiger partial charge is 0.256 e. The Bertz CT molecular complexity index is 681. The van der Waals surface area contributed by atoms with Gasteiger partial charge in [0.2, 0.25) is 0 Å². The maximum Gasteiger partial charge on any atom is 0.256 e. The number of rotatable bonds is 5. The van der Waals surface area contributed by atoms with Gasteiger partial charge >= 0.3 is 0 Å². The molecule has 2 aromatic rings. The molecule has 0 radical (unpaired) electrons. The van der Waals surface area contributed by atoms with Crippen LogP contribution in [0, 0.1) is 6.92 Å². The van der Waals surface area contributed by atoms with Crippen molar-refractivity contribution in [3.63, 3.8) is 0 Å². The first-order valence-corrected chi connectivity index (χ1v) is 7.79. The van der Waals surface area contributed by atoms with Gasteiger partial charge in [-0.3, -0.25) is 4.79 Å². The molecule has 5 heteroatoms. The molecule has 0 spiro atoms. The van der Waals surface area contributed by atoms with Gasteiger partial charge in [-0.25, -0.2) is 4.98 Å². The first-order valence-electron chi connectivity index (χ1n) is 7.79. The molecular weight excluding hydrogens is 292 g/mol. The normalized spacial score (nSPS) is 17.0. The maximum absolute atomic E-state index is 12.3. The minimum atomic E-state index is -0.203. The number of pyridine rings is 1. The largest absolute Gasteiger partial charge is 0.491 e. The molecule has 1 saturated heterocycles. The maximum atomic E-state index is 12.3. The lowest BCUT2D eigenvalue weighted by atomic mass is 10.2. The zero-order chi connectivity index (χ0) is 16.1. The molecule has 1 unspecified atom stereocenters. The molecule has 1 amide bonds. The molecule has 23 heavy (non-hydrogen) atoms. The highest BCUT2D eigenvalue weighted by molar-refractivity contribution is 6.04. The number of aromatic nitrogens is 1. The Morgan fingerprint density at radius 2 is 2.30 bits per heavy atom. The number of carbonyl (C=O) groups is 1. The van der Waals surface area contributed by atoms with E-state index in [1.807, 2.05) is 31.2 Å². The number of carbonyl (C=O) groups excluding carboxylic acids is 1. The quantitative estimate of drug-likeness (QED) is 0.921. The van der Waals surface area contributed by atoms with Gasteiger partial charge in [-0.05, 0) is 55.7 Å². The number of amides is 1. The second-order valence-corrected chi connectivity index (χ2v) is 5.65. The SMILES string of the molecule is Cc1ccnc(NC(=O)c2cccc(OCC3CCCO3)c2)c1. The minimum absolute atomic E-state index is 0.156. The topological polar surface area (TPSA) is 60.5 Å². The van der Waals surface area contributed by atoms with E-state index in [0.717, 1.165) is 25.0 Å². The molecule has 1 aliphatic rings. The number of nitrogens with one attached hydrogen (secondary N) is 1. The Hall–Kier alpha value is -2.40. The Morgan fingerprint density at radius 3 is 3.09 bits per heavy atom. The summed E-state index contributed by atoms with van der Waals surface area (Å²) in [6, 6.07) is 10.9. The number of benzene rings is 1. The summed E-state index contributed by atoms with van der Waals surface area (Å²) in [4.78, 5) is 16.4. The van der Waals surface area contributed by atoms with E-state index in [-0.39, 0.29) is 12.0 Å². The molecular formula is C18H20N2O3. The predicted molar refractivity (Wildman–Crippen MR) is 87.8 cm³/mol. The van der Waals surface area contributed by atoms with Crippen LogP contribution >= 0.6 is 0 Å². The minimum Gasteiger partial charge on any atom is -0.491 e. The van der Waals surface area contributed by atoms with Crippen LogP contribution in [-0.4, -0.2) is 30.2 Å². The Balaban J connectivity index is 1.62. The van der Waals surface area contributed by atoms with Gasteiger partial charge in [0.1, 0.15) is 18.2 Å². The summed E-state index contributed by atoms with van der Waals surface area (Å²) in [6.45, 7) is 3.28. The second kappa shape index (κ2) is 7.24. The van der Waals surface area contributed by atoms with E-state index < -0.39 is 0 Å². The third kappa shape index (κ3) is 4.29. The van der Waals surface area contributed by atoms with Crippen LogP contribution in [0.5, 0.6) is 5.75 Å². The Morgan fingerprint density at radius 1 is 1.39 bits per heavy atom. The van der Waals surface area contributed by atoms with Crippen LogP contribution in [-0.2, 0) is 4.74 Å². The monoisotopic (exact) mass is 312 g/mol. The van der Waals surface area contributed by atoms with Crippen molar-refractivity contribution in [3.8, 4) is 5.75 Å². The molecule has 1 aliphatic heterocycles. The van der Waals surface area contributed by atoms with Crippen LogP contribution in [0.1, 0.15) is 28.8 Å². The Kier molecular flexibility index (Phi) is 4.88. The van der Waals surface area contributed by atoms with Gasteiger partial charge in [0.15, 0.2) is 0 Å². The summed E-state index contributed by atoms with van der Waals surface area (Å²) in [6.07, 6.45) is 3.94. The molecule has 0 bridgehead atoms. The van der Waals surface area contributed by atoms with E-state index in [4.69, 9.17) is 9.47 Å². The lowest BCUT2D eigenvalue weighted by Gasteiger charge is -2.12. The number of hydrogen-bond donors (Lipinski definition) is 1. The summed E-state index contributed by atoms with van der Waals surface area (Å²) < 4.78 is 11.3. The van der Waals surface area contributed by atoms with Gasteiger partial charge in [0.25, 0.3) is 5.91 Å². The lowest BCUT2D eigenvalue weighted by Crippen LogP contribution is -2.17. The van der Waals surface area contributed by atoms with Crippen molar-refractivity contribution in [2.24, 2.45) is 0 Å². The van der Waals surface area contributed by atoms with Crippen LogP contribution in [0.15, 0.2) is 42.6 Å². The zero-order valence-corrected chi connectivity index (χ0v) is 13.1. The van der Waals surface area contributed by atoms with Crippen molar-refractivity contribution in [2.45, 2.75) is 25.9 Å². The zero-order valence-electron chi connectivity index (χ0n) is 13.1. The number of hydrogen-bond acceptors (Lipinski definition) is 4. The van der Waals surface area contributed by atoms with Crippen molar-refractivity contribution in [3.05, 3.63) is 53.7 Å². The van der Waals surface area contributed by atoms with Crippen LogP contribution in [0.4, 0.5) is 5.82 Å². The van der Waals surface area contributed by atoms with Gasteiger partial charge in [-0.1, -0.05) is 6.07 Å². The van der Waals surface area contributed by atoms with Gasteiger partial charge in [0.05, 0.1) is 6.10 Å². The van der Waals surface area contributed by atoms with E-state index in [2.05, 4.69) is 10.3 Å². The van der Waals surface area contributed by atoms with Gasteiger partial charge in [-0.15, -0.1) is 0 Å². The van der Waals surface area contributed by atoms with Crippen LogP contribution in [0.25, 0.3) is 0 Å². The fourth-order valence-corrected chi connectivity index (χ4v) is 2.49. The summed E-state index contributed by atoms with van der Waals surface area (Å²) >= 11 is 0. The summed E-state index contributed by atoms with van der Waals surface area (Å²) in [7, 11) is 0. The summed E-state index contributed by atoms with van der Waals surface area (Å²) in [5, 5.41) is 2.79. The number of nitrogens with zero attached hydrogens (tertiary/aromatic N) is 1. The molecule has 5 nitrogen and oxygen atoms in total. The molecule has 1 aromatic carbocycles. The van der Waals surface area contributed by atoms with Crippen molar-refractivity contribution in [2.75, 3.05) is 18.5 Å². The molecule has 120 valence electrons. The summed E-state index contributed by atoms with van der Waals surface area (Å²) in [5.41, 5.74) is 1.59. The van der Waals surface area contributed by atoms with Crippen LogP contribution in [0.3, 0.4) is 0 Å². The van der Waals surface area contributed by atoms with Crippen molar-refractivity contribution >= 4 is 11.7 Å². The average Bonchev–Trinajstić information content (AvgIpc) is 3.07. The average molecular weight is 312 g/mol. The standard InChI is InChI=1S/C18H20N2O3/c1-13-7-8-19-17(10-13)20-18(21)14-4-2-5-15(11-14)23-12-16-6-3-9-22-16/h2,4-5,7-8,10-11,16H,3,6,9,12H2,1H3,(H,19,20,21). The number of ether oxygens (including phenoxy) is 2. The van der Waals surface area contributed by atoms with Crippen LogP contribution < -0.4 is 10.1 Å². The van der Waals surface area contributed by atoms with E-state index in [0.29, 0.717) is 23.7 Å². The number of aryl methyl sites for hydroxylation is 1. The summed E-state index contributed by atoms with van der Waals surface area (Å²) in [5.74, 6) is 1.01. The molecule has 1 atom stereocenters. The highest BCUT2D eigenvalue weighted by atomic mass is 16.5. The predicted octanol–water partition coefficient (Wildman–Crippen LogP) is 3.20. The fourth-order valence-electron chi connectivity index (χ4n) is 2.49. The van der Waals surface area contributed by atoms with Crippen molar-refractivity contribution in [1.29, 1.82) is 0 Å². The first kappa shape index (κ1) is 15.5. The molecule has 1 N–H and O–H groups in total. The van der Waals surface area contributed by atoms with E-state index >= 15 is 0 Å². The van der Waals surface area contributed by atoms with E-state index in [9.17, 15) is 4.79 Å². The van der Waals surface area contributed by atoms with Crippen molar-refractivity contribution in [1.82, 2.24) is 4.98 Å². The third-order valence-electron chi connectivity index (χ3n) is 3.71. The fraction of sp³-hybridized carbons (Fsp3) is 0.333. The van der Waals surface area contributed by atoms with Crippen LogP contribution in [0.2, 0.25) is 0 Å². The van der Waals surface area contributed by atoms with Gasteiger partial charge in [0, 0.05) is 18.4 Å². The number of anilines is 1. The molecule has 3 rings (SSSR count). The molecule has 0 saturated carbocycles. The highest BCUT2D eigenvalue weighted by Crippen LogP contribution is 2.18. The first-order chi connectivity index (χ1) is 11.2. The molecule has 1 aromatic heterocycles. The van der Waals surface area contributed by atoms with Gasteiger partial charge in [-0.2, -0.15) is 0 Å². The molecule has 1 fully saturated rings. The third-order valence-corrected chi connectivity index (χ3v) is 3.71. The van der Waals surface area contributed by atoms with Gasteiger partial charge < -0.3 is 14.8 Å². The highest BCUT2D eigenvalue weighted by Gasteiger charge is 2.16. The molecule has 2 heterocycles. The lowest BCUT2D eigenvalue weighted by molar-refractivity contribution is 0.0679. The Labute approximate surface area is 135 Å². The van der Waals surface area contributed by atoms with Crippen molar-refractivity contribution < 1.29 is 14.3 Å².